The maximum Gasteiger partial charge on any atom is 0.163 e. The van der Waals surface area contributed by atoms with Gasteiger partial charge in [-0.1, -0.05) is 44.2 Å². The molecule has 0 N–H and O–H groups in total. The van der Waals surface area contributed by atoms with E-state index < -0.39 is 5.79 Å². The van der Waals surface area contributed by atoms with Crippen LogP contribution < -0.4 is 0 Å². The van der Waals surface area contributed by atoms with Gasteiger partial charge in [0.25, 0.3) is 0 Å². The van der Waals surface area contributed by atoms with Crippen LogP contribution in [0.3, 0.4) is 0 Å². The third-order valence-corrected chi connectivity index (χ3v) is 7.66. The monoisotopic (exact) mass is 352 g/mol. The molecule has 128 valence electrons. The number of rotatable bonds is 3. The van der Waals surface area contributed by atoms with Gasteiger partial charge < -0.3 is 9.47 Å². The molecule has 1 aromatic rings. The number of hydrogen-bond acceptors (Lipinski definition) is 4. The van der Waals surface area contributed by atoms with Gasteiger partial charge >= 0.3 is 0 Å². The van der Waals surface area contributed by atoms with Gasteiger partial charge in [-0.3, -0.25) is 0 Å². The van der Waals surface area contributed by atoms with Crippen LogP contribution in [-0.4, -0.2) is 28.0 Å². The maximum atomic E-state index is 6.46. The van der Waals surface area contributed by atoms with Crippen molar-refractivity contribution in [1.29, 1.82) is 0 Å². The normalized spacial score (nSPS) is 32.1. The molecule has 2 heterocycles. The Kier molecular flexibility index (Phi) is 5.67. The van der Waals surface area contributed by atoms with Gasteiger partial charge in [0.2, 0.25) is 0 Å². The second-order valence-electron chi connectivity index (χ2n) is 7.22. The minimum Gasteiger partial charge on any atom is -0.347 e. The van der Waals surface area contributed by atoms with Gasteiger partial charge in [0.05, 0.1) is 16.8 Å². The van der Waals surface area contributed by atoms with E-state index in [1.165, 1.54) is 23.5 Å². The van der Waals surface area contributed by atoms with Crippen molar-refractivity contribution in [2.24, 2.45) is 11.8 Å². The van der Waals surface area contributed by atoms with Crippen LogP contribution in [0, 0.1) is 11.8 Å². The minimum atomic E-state index is -0.532. The van der Waals surface area contributed by atoms with Crippen LogP contribution in [0.4, 0.5) is 0 Å². The summed E-state index contributed by atoms with van der Waals surface area (Å²) >= 11 is 4.18. The van der Waals surface area contributed by atoms with E-state index in [-0.39, 0.29) is 12.2 Å². The molecular formula is C19H28O2S2. The summed E-state index contributed by atoms with van der Waals surface area (Å²) in [6.45, 7) is 8.66. The first-order valence-electron chi connectivity index (χ1n) is 8.62. The predicted molar refractivity (Wildman–Crippen MR) is 101 cm³/mol. The average Bonchev–Trinajstić information content (AvgIpc) is 2.55. The van der Waals surface area contributed by atoms with Crippen molar-refractivity contribution in [3.63, 3.8) is 0 Å². The summed E-state index contributed by atoms with van der Waals surface area (Å²) in [7, 11) is 0. The lowest BCUT2D eigenvalue weighted by Crippen LogP contribution is -2.52. The molecule has 0 unspecified atom stereocenters. The molecular weight excluding hydrogens is 324 g/mol. The Morgan fingerprint density at radius 2 is 1.70 bits per heavy atom. The van der Waals surface area contributed by atoms with Gasteiger partial charge in [-0.05, 0) is 43.3 Å². The molecule has 0 radical (unpaired) electrons. The largest absolute Gasteiger partial charge is 0.347 e. The van der Waals surface area contributed by atoms with Crippen LogP contribution in [0.1, 0.15) is 45.8 Å². The molecule has 3 rings (SSSR count). The Labute approximate surface area is 149 Å². The van der Waals surface area contributed by atoms with Crippen molar-refractivity contribution in [1.82, 2.24) is 0 Å². The van der Waals surface area contributed by atoms with Crippen molar-refractivity contribution in [2.75, 3.05) is 11.5 Å². The molecule has 23 heavy (non-hydrogen) atoms. The van der Waals surface area contributed by atoms with Crippen LogP contribution in [0.15, 0.2) is 30.3 Å². The highest BCUT2D eigenvalue weighted by molar-refractivity contribution is 8.17. The Morgan fingerprint density at radius 1 is 1.04 bits per heavy atom. The van der Waals surface area contributed by atoms with Crippen LogP contribution in [0.5, 0.6) is 0 Å². The van der Waals surface area contributed by atoms with E-state index in [2.05, 4.69) is 81.6 Å². The molecule has 3 atom stereocenters. The molecule has 2 fully saturated rings. The first-order valence-corrected chi connectivity index (χ1v) is 10.7. The van der Waals surface area contributed by atoms with Crippen LogP contribution in [0.2, 0.25) is 0 Å². The van der Waals surface area contributed by atoms with Crippen molar-refractivity contribution >= 4 is 23.5 Å². The lowest BCUT2D eigenvalue weighted by molar-refractivity contribution is -0.329. The van der Waals surface area contributed by atoms with Crippen molar-refractivity contribution in [2.45, 2.75) is 56.7 Å². The zero-order valence-corrected chi connectivity index (χ0v) is 16.2. The maximum absolute atomic E-state index is 6.46. The Hall–Kier alpha value is -0.160. The van der Waals surface area contributed by atoms with Crippen molar-refractivity contribution in [3.05, 3.63) is 35.9 Å². The Morgan fingerprint density at radius 3 is 2.30 bits per heavy atom. The summed E-state index contributed by atoms with van der Waals surface area (Å²) in [5.41, 5.74) is 1.28. The van der Waals surface area contributed by atoms with Crippen molar-refractivity contribution in [3.8, 4) is 0 Å². The molecule has 0 bridgehead atoms. The van der Waals surface area contributed by atoms with Crippen LogP contribution in [-0.2, 0) is 9.47 Å². The first-order chi connectivity index (χ1) is 11.0. The zero-order chi connectivity index (χ0) is 16.4. The van der Waals surface area contributed by atoms with Gasteiger partial charge in [0.15, 0.2) is 5.79 Å². The molecule has 1 aromatic carbocycles. The molecule has 4 heteroatoms. The molecule has 2 aliphatic rings. The first kappa shape index (κ1) is 17.7. The topological polar surface area (TPSA) is 18.5 Å². The summed E-state index contributed by atoms with van der Waals surface area (Å²) in [5, 5.41) is 0. The molecule has 2 nitrogen and oxygen atoms in total. The highest BCUT2D eigenvalue weighted by Crippen LogP contribution is 2.50. The lowest BCUT2D eigenvalue weighted by atomic mass is 9.85. The van der Waals surface area contributed by atoms with E-state index >= 15 is 0 Å². The molecule has 0 spiro atoms. The summed E-state index contributed by atoms with van der Waals surface area (Å²) in [6.07, 6.45) is 1.65. The van der Waals surface area contributed by atoms with E-state index in [9.17, 15) is 0 Å². The highest BCUT2D eigenvalue weighted by Gasteiger charge is 2.48. The van der Waals surface area contributed by atoms with Gasteiger partial charge in [-0.2, -0.15) is 0 Å². The fourth-order valence-corrected chi connectivity index (χ4v) is 6.80. The third-order valence-electron chi connectivity index (χ3n) is 4.51. The number of benzene rings is 1. The van der Waals surface area contributed by atoms with E-state index in [0.717, 1.165) is 0 Å². The fraction of sp³-hybridized carbons (Fsp3) is 0.684. The van der Waals surface area contributed by atoms with Crippen molar-refractivity contribution < 1.29 is 9.47 Å². The number of thioether (sulfide) groups is 2. The van der Waals surface area contributed by atoms with E-state index in [1.54, 1.807) is 0 Å². The molecule has 0 amide bonds. The van der Waals surface area contributed by atoms with Gasteiger partial charge in [-0.25, -0.2) is 0 Å². The molecule has 0 saturated carbocycles. The predicted octanol–water partition coefficient (Wildman–Crippen LogP) is 5.35. The number of hydrogen-bond donors (Lipinski definition) is 0. The van der Waals surface area contributed by atoms with Gasteiger partial charge in [0, 0.05) is 5.92 Å². The Balaban J connectivity index is 1.96. The standard InChI is InChI=1S/C19H28O2S2/c1-13(2)16-15(18-22-11-8-12-23-18)17(21-19(3,4)20-16)14-9-6-5-7-10-14/h5-7,9-10,13,15-18H,8,11-12H2,1-4H3/t15-,16-,17-/m0/s1. The van der Waals surface area contributed by atoms with E-state index in [0.29, 0.717) is 16.4 Å². The van der Waals surface area contributed by atoms with Crippen LogP contribution >= 0.6 is 23.5 Å². The SMILES string of the molecule is CC(C)[C@@H]1OC(C)(C)O[C@@H](c2ccccc2)[C@H]1C1SCCCS1. The third kappa shape index (κ3) is 4.09. The molecule has 2 aliphatic heterocycles. The molecule has 2 saturated heterocycles. The lowest BCUT2D eigenvalue weighted by Gasteiger charge is -2.50. The second kappa shape index (κ2) is 7.38. The Bertz CT molecular complexity index is 497. The summed E-state index contributed by atoms with van der Waals surface area (Å²) < 4.78 is 13.4. The van der Waals surface area contributed by atoms with E-state index in [1.807, 2.05) is 0 Å². The zero-order valence-electron chi connectivity index (χ0n) is 14.5. The number of ether oxygens (including phenoxy) is 2. The summed E-state index contributed by atoms with van der Waals surface area (Å²) in [5.74, 6) is 2.85. The average molecular weight is 353 g/mol. The summed E-state index contributed by atoms with van der Waals surface area (Å²) in [4.78, 5) is 0. The smallest absolute Gasteiger partial charge is 0.163 e. The second-order valence-corrected chi connectivity index (χ2v) is 10.0. The fourth-order valence-electron chi connectivity index (χ4n) is 3.53. The quantitative estimate of drug-likeness (QED) is 0.730. The van der Waals surface area contributed by atoms with Gasteiger partial charge in [-0.15, -0.1) is 23.5 Å². The van der Waals surface area contributed by atoms with Crippen LogP contribution in [0.25, 0.3) is 0 Å². The molecule has 0 aliphatic carbocycles. The molecule has 0 aromatic heterocycles. The van der Waals surface area contributed by atoms with Gasteiger partial charge in [0.1, 0.15) is 0 Å². The summed E-state index contributed by atoms with van der Waals surface area (Å²) in [6, 6.07) is 10.7. The van der Waals surface area contributed by atoms with E-state index in [4.69, 9.17) is 9.47 Å². The minimum absolute atomic E-state index is 0.107. The highest BCUT2D eigenvalue weighted by atomic mass is 32.2.